The number of aldehydes is 1. The summed E-state index contributed by atoms with van der Waals surface area (Å²) in [5.74, 6) is -1.13. The average molecular weight is 478 g/mol. The maximum atomic E-state index is 13.2. The molecule has 170 valence electrons. The molecule has 1 amide bonds. The van der Waals surface area contributed by atoms with E-state index in [9.17, 15) is 19.2 Å². The fourth-order valence-electron chi connectivity index (χ4n) is 3.45. The molecule has 3 aromatic rings. The van der Waals surface area contributed by atoms with Crippen LogP contribution in [0.5, 0.6) is 0 Å². The Morgan fingerprint density at radius 1 is 1.26 bits per heavy atom. The lowest BCUT2D eigenvalue weighted by Gasteiger charge is -2.32. The summed E-state index contributed by atoms with van der Waals surface area (Å²) < 4.78 is 13.2. The van der Waals surface area contributed by atoms with Crippen LogP contribution in [0.25, 0.3) is 5.69 Å². The number of aromatic nitrogens is 3. The predicted molar refractivity (Wildman–Crippen MR) is 118 cm³/mol. The molecule has 1 aliphatic rings. The van der Waals surface area contributed by atoms with Gasteiger partial charge in [-0.3, -0.25) is 14.9 Å². The lowest BCUT2D eigenvalue weighted by molar-refractivity contribution is -0.114. The zero-order valence-electron chi connectivity index (χ0n) is 17.6. The molecule has 34 heavy (non-hydrogen) atoms. The summed E-state index contributed by atoms with van der Waals surface area (Å²) in [6, 6.07) is 14.1. The van der Waals surface area contributed by atoms with Crippen LogP contribution >= 0.6 is 11.6 Å². The van der Waals surface area contributed by atoms with Gasteiger partial charge < -0.3 is 5.32 Å². The van der Waals surface area contributed by atoms with Crippen LogP contribution in [0.3, 0.4) is 0 Å². The lowest BCUT2D eigenvalue weighted by atomic mass is 9.97. The smallest absolute Gasteiger partial charge is 0.275 e. The minimum atomic E-state index is -1.65. The second-order valence-corrected chi connectivity index (χ2v) is 8.37. The first-order chi connectivity index (χ1) is 16.3. The van der Waals surface area contributed by atoms with Crippen molar-refractivity contribution in [3.05, 3.63) is 76.3 Å². The summed E-state index contributed by atoms with van der Waals surface area (Å²) in [7, 11) is 0. The molecule has 0 spiro atoms. The molecule has 0 radical (unpaired) electrons. The Balaban J connectivity index is 1.61. The molecule has 1 atom stereocenters. The molecule has 0 saturated heterocycles. The largest absolute Gasteiger partial charge is 0.326 e. The summed E-state index contributed by atoms with van der Waals surface area (Å²) in [6.07, 6.45) is 2.74. The number of hydrogen-bond donors (Lipinski definition) is 2. The number of nitrogens with zero attached hydrogens (tertiary/aromatic N) is 5. The zero-order valence-corrected chi connectivity index (χ0v) is 18.4. The number of halogens is 2. The van der Waals surface area contributed by atoms with Gasteiger partial charge in [0.05, 0.1) is 28.5 Å². The highest BCUT2D eigenvalue weighted by atomic mass is 35.5. The summed E-state index contributed by atoms with van der Waals surface area (Å²) in [5, 5.41) is 32.6. The first kappa shape index (κ1) is 23.1. The van der Waals surface area contributed by atoms with Crippen molar-refractivity contribution in [2.45, 2.75) is 30.5 Å². The summed E-state index contributed by atoms with van der Waals surface area (Å²) in [4.78, 5) is 26.5. The van der Waals surface area contributed by atoms with E-state index in [0.29, 0.717) is 30.4 Å². The number of nitrogens with one attached hydrogen (secondary N) is 2. The van der Waals surface area contributed by atoms with Gasteiger partial charge in [0, 0.05) is 6.42 Å². The fourth-order valence-corrected chi connectivity index (χ4v) is 3.70. The second kappa shape index (κ2) is 9.02. The number of carbonyl (C=O) groups is 2. The Labute approximate surface area is 198 Å². The van der Waals surface area contributed by atoms with Crippen LogP contribution in [0.2, 0.25) is 5.02 Å². The Kier molecular flexibility index (Phi) is 6.12. The van der Waals surface area contributed by atoms with Gasteiger partial charge in [-0.05, 0) is 54.8 Å². The third-order valence-electron chi connectivity index (χ3n) is 5.38. The van der Waals surface area contributed by atoms with Gasteiger partial charge in [-0.15, -0.1) is 5.10 Å². The molecular formula is C23H17ClFN7O2. The van der Waals surface area contributed by atoms with Crippen molar-refractivity contribution in [2.75, 3.05) is 0 Å². The first-order valence-electron chi connectivity index (χ1n) is 10.2. The minimum absolute atomic E-state index is 0.0385. The van der Waals surface area contributed by atoms with Crippen LogP contribution in [0.1, 0.15) is 34.5 Å². The van der Waals surface area contributed by atoms with E-state index in [0.717, 1.165) is 4.80 Å². The molecule has 9 nitrogen and oxygen atoms in total. The Hall–Kier alpha value is -4.12. The minimum Gasteiger partial charge on any atom is -0.326 e. The molecule has 0 aliphatic heterocycles. The van der Waals surface area contributed by atoms with Crippen molar-refractivity contribution in [1.29, 1.82) is 10.5 Å². The van der Waals surface area contributed by atoms with E-state index >= 15 is 0 Å². The van der Waals surface area contributed by atoms with E-state index in [-0.39, 0.29) is 22.7 Å². The Morgan fingerprint density at radius 2 is 2.00 bits per heavy atom. The van der Waals surface area contributed by atoms with Gasteiger partial charge in [0.25, 0.3) is 5.91 Å². The highest BCUT2D eigenvalue weighted by Gasteiger charge is 2.50. The highest BCUT2D eigenvalue weighted by molar-refractivity contribution is 6.31. The maximum absolute atomic E-state index is 13.2. The van der Waals surface area contributed by atoms with E-state index in [1.165, 1.54) is 42.6 Å². The van der Waals surface area contributed by atoms with Crippen LogP contribution in [0, 0.1) is 28.5 Å². The van der Waals surface area contributed by atoms with Gasteiger partial charge in [0.15, 0.2) is 17.6 Å². The molecule has 2 aromatic carbocycles. The number of nitriles is 2. The molecule has 11 heteroatoms. The van der Waals surface area contributed by atoms with E-state index in [4.69, 9.17) is 16.9 Å². The monoisotopic (exact) mass is 477 g/mol. The number of benzene rings is 2. The quantitative estimate of drug-likeness (QED) is 0.375. The molecule has 1 aromatic heterocycles. The van der Waals surface area contributed by atoms with E-state index in [1.807, 2.05) is 6.07 Å². The normalized spacial score (nSPS) is 15.4. The molecule has 2 N–H and O–H groups in total. The first-order valence-corrected chi connectivity index (χ1v) is 10.5. The van der Waals surface area contributed by atoms with Crippen LogP contribution in [-0.2, 0) is 11.2 Å². The third-order valence-corrected chi connectivity index (χ3v) is 5.70. The molecular weight excluding hydrogens is 461 g/mol. The van der Waals surface area contributed by atoms with Crippen molar-refractivity contribution in [1.82, 2.24) is 25.6 Å². The van der Waals surface area contributed by atoms with Gasteiger partial charge in [-0.25, -0.2) is 4.39 Å². The van der Waals surface area contributed by atoms with Crippen LogP contribution in [0.4, 0.5) is 4.39 Å². The number of hydrogen-bond acceptors (Lipinski definition) is 7. The van der Waals surface area contributed by atoms with Gasteiger partial charge in [-0.2, -0.15) is 20.4 Å². The Bertz CT molecular complexity index is 1340. The molecule has 1 saturated carbocycles. The van der Waals surface area contributed by atoms with Gasteiger partial charge in [0.2, 0.25) is 0 Å². The molecule has 1 fully saturated rings. The maximum Gasteiger partial charge on any atom is 0.275 e. The lowest BCUT2D eigenvalue weighted by Crippen LogP contribution is -2.65. The summed E-state index contributed by atoms with van der Waals surface area (Å²) in [6.45, 7) is 0. The number of amides is 1. The fraction of sp³-hybridized carbons (Fsp3) is 0.217. The van der Waals surface area contributed by atoms with Crippen molar-refractivity contribution < 1.29 is 14.0 Å². The van der Waals surface area contributed by atoms with E-state index < -0.39 is 22.9 Å². The average Bonchev–Trinajstić information content (AvgIpc) is 3.42. The zero-order chi connectivity index (χ0) is 24.3. The van der Waals surface area contributed by atoms with Crippen molar-refractivity contribution in [3.63, 3.8) is 0 Å². The van der Waals surface area contributed by atoms with Crippen LogP contribution in [0.15, 0.2) is 48.7 Å². The molecule has 0 unspecified atom stereocenters. The number of rotatable bonds is 8. The van der Waals surface area contributed by atoms with Gasteiger partial charge in [-0.1, -0.05) is 17.7 Å². The highest BCUT2D eigenvalue weighted by Crippen LogP contribution is 2.36. The SMILES string of the molecule is N#Cc1ccc(C[C@@](C=O)(NC(=O)c2cnn(-c3ccc(F)cc3)n2)NC2(C#N)CC2)cc1Cl. The van der Waals surface area contributed by atoms with E-state index in [2.05, 4.69) is 26.9 Å². The molecule has 4 rings (SSSR count). The van der Waals surface area contributed by atoms with E-state index in [1.54, 1.807) is 6.07 Å². The Morgan fingerprint density at radius 3 is 2.59 bits per heavy atom. The standard InChI is InChI=1S/C23H17ClFN7O2/c24-19-9-15(1-2-16(19)11-26)10-23(14-33,31-22(13-27)7-8-22)29-21(34)20-12-28-32(30-20)18-5-3-17(25)4-6-18/h1-6,9,12,14,31H,7-8,10H2,(H,29,34)/t23-/m1/s1. The van der Waals surface area contributed by atoms with Crippen molar-refractivity contribution in [3.8, 4) is 17.8 Å². The van der Waals surface area contributed by atoms with Crippen LogP contribution in [-0.4, -0.2) is 38.4 Å². The van der Waals surface area contributed by atoms with Crippen LogP contribution < -0.4 is 10.6 Å². The second-order valence-electron chi connectivity index (χ2n) is 7.96. The van der Waals surface area contributed by atoms with Crippen molar-refractivity contribution in [2.24, 2.45) is 0 Å². The summed E-state index contributed by atoms with van der Waals surface area (Å²) in [5.41, 5.74) is -1.41. The van der Waals surface area contributed by atoms with Crippen molar-refractivity contribution >= 4 is 23.8 Å². The molecule has 1 heterocycles. The third kappa shape index (κ3) is 4.79. The van der Waals surface area contributed by atoms with Gasteiger partial charge in [0.1, 0.15) is 17.4 Å². The topological polar surface area (TPSA) is 136 Å². The molecule has 1 aliphatic carbocycles. The number of carbonyl (C=O) groups excluding carboxylic acids is 2. The summed E-state index contributed by atoms with van der Waals surface area (Å²) >= 11 is 6.13. The predicted octanol–water partition coefficient (Wildman–Crippen LogP) is 2.44. The molecule has 0 bridgehead atoms. The van der Waals surface area contributed by atoms with Gasteiger partial charge >= 0.3 is 0 Å².